The number of phenols is 13. The van der Waals surface area contributed by atoms with Gasteiger partial charge in [-0.15, -0.1) is 0 Å². The van der Waals surface area contributed by atoms with Crippen LogP contribution in [0.3, 0.4) is 0 Å². The summed E-state index contributed by atoms with van der Waals surface area (Å²) in [7, 11) is 0. The van der Waals surface area contributed by atoms with Crippen molar-refractivity contribution in [2.24, 2.45) is 0 Å². The van der Waals surface area contributed by atoms with Crippen molar-refractivity contribution in [3.63, 3.8) is 0 Å². The van der Waals surface area contributed by atoms with E-state index in [4.69, 9.17) is 33.2 Å². The fourth-order valence-electron chi connectivity index (χ4n) is 7.74. The van der Waals surface area contributed by atoms with Crippen LogP contribution in [-0.4, -0.2) is 139 Å². The molecule has 0 spiro atoms. The van der Waals surface area contributed by atoms with Crippen molar-refractivity contribution in [1.29, 1.82) is 0 Å². The molecule has 0 radical (unpaired) electrons. The first-order valence-electron chi connectivity index (χ1n) is 18.7. The van der Waals surface area contributed by atoms with Crippen molar-refractivity contribution in [3.05, 3.63) is 58.1 Å². The maximum atomic E-state index is 14.6. The molecule has 9 rings (SSSR count). The molecule has 346 valence electrons. The van der Waals surface area contributed by atoms with Gasteiger partial charge in [0.25, 0.3) is 0 Å². The maximum absolute atomic E-state index is 14.6. The summed E-state index contributed by atoms with van der Waals surface area (Å²) in [5.74, 6) is -31.1. The average Bonchev–Trinajstić information content (AvgIpc) is 3.29. The molecule has 14 N–H and O–H groups in total. The van der Waals surface area contributed by atoms with Crippen LogP contribution >= 0.6 is 0 Å². The number of hydrogen-bond acceptors (Lipinski definition) is 26. The van der Waals surface area contributed by atoms with Crippen LogP contribution in [0, 0.1) is 0 Å². The summed E-state index contributed by atoms with van der Waals surface area (Å²) in [5.41, 5.74) is -9.96. The van der Waals surface area contributed by atoms with Gasteiger partial charge in [-0.25, -0.2) is 24.0 Å². The topological polar surface area (TPSA) is 433 Å². The second-order valence-electron chi connectivity index (χ2n) is 14.8. The van der Waals surface area contributed by atoms with Crippen molar-refractivity contribution in [1.82, 2.24) is 0 Å². The Morgan fingerprint density at radius 1 is 0.388 bits per heavy atom. The molecule has 0 aliphatic carbocycles. The summed E-state index contributed by atoms with van der Waals surface area (Å²) in [6.45, 7) is -1.18. The van der Waals surface area contributed by atoms with Crippen LogP contribution in [0.5, 0.6) is 92.0 Å². The van der Waals surface area contributed by atoms with E-state index in [1.807, 2.05) is 0 Å². The third-order valence-corrected chi connectivity index (χ3v) is 10.9. The van der Waals surface area contributed by atoms with Crippen LogP contribution in [-0.2, 0) is 23.7 Å². The minimum absolute atomic E-state index is 0.365. The molecule has 26 nitrogen and oxygen atoms in total. The lowest BCUT2D eigenvalue weighted by atomic mass is 9.91. The number of phenolic OH excluding ortho intramolecular Hbond substituents is 13. The van der Waals surface area contributed by atoms with Crippen LogP contribution in [0.15, 0.2) is 30.3 Å². The number of aliphatic hydroxyl groups excluding tert-OH is 1. The lowest BCUT2D eigenvalue weighted by molar-refractivity contribution is -0.284. The zero-order chi connectivity index (χ0) is 48.4. The van der Waals surface area contributed by atoms with Gasteiger partial charge in [-0.1, -0.05) is 0 Å². The Morgan fingerprint density at radius 3 is 1.28 bits per heavy atom. The van der Waals surface area contributed by atoms with Gasteiger partial charge >= 0.3 is 29.8 Å². The third-order valence-electron chi connectivity index (χ3n) is 10.9. The summed E-state index contributed by atoms with van der Waals surface area (Å²) >= 11 is 0. The molecule has 7 bridgehead atoms. The molecule has 0 unspecified atom stereocenters. The Hall–Kier alpha value is -9.43. The molecule has 4 heterocycles. The Morgan fingerprint density at radius 2 is 0.776 bits per heavy atom. The molecule has 5 aromatic carbocycles. The molecule has 1 saturated heterocycles. The zero-order valence-corrected chi connectivity index (χ0v) is 32.6. The van der Waals surface area contributed by atoms with Crippen molar-refractivity contribution in [3.8, 4) is 114 Å². The second-order valence-corrected chi connectivity index (χ2v) is 14.8. The van der Waals surface area contributed by atoms with Gasteiger partial charge in [-0.3, -0.25) is 0 Å². The summed E-state index contributed by atoms with van der Waals surface area (Å²) in [4.78, 5) is 71.2. The van der Waals surface area contributed by atoms with E-state index in [0.29, 0.717) is 30.3 Å². The minimum Gasteiger partial charge on any atom is -0.504 e. The van der Waals surface area contributed by atoms with Gasteiger partial charge in [0, 0.05) is 40.5 Å². The third kappa shape index (κ3) is 6.30. The first kappa shape index (κ1) is 42.9. The van der Waals surface area contributed by atoms with E-state index in [0.717, 1.165) is 0 Å². The fraction of sp³-hybridized carbons (Fsp3) is 0.146. The Bertz CT molecular complexity index is 3120. The highest BCUT2D eigenvalue weighted by atomic mass is 16.7. The standard InChI is InChI=1S/C41H26O26/c42-12-1-7-18(27(50)22(12)45)20-9-4-15(25(48)29(20)52)62-32-11(3-14(44)24(47)31(32)54)40(59)63-16-5-10-21(30(53)26(16)49)19-8(2-13(43)23(46)28(19)51)38(57)67-35-34(66-39(10)58)33(65-37(7)56)17(64-41(35)60)6-61-36(9)55/h1-5,17,33-35,41-54,60H,6H2/t17-,33-,34+,35-,41+/m1/s1. The number of benzene rings is 5. The average molecular weight is 935 g/mol. The van der Waals surface area contributed by atoms with Crippen molar-refractivity contribution in [2.75, 3.05) is 6.61 Å². The number of fused-ring (bicyclic) bond motifs is 10. The molecule has 0 amide bonds. The van der Waals surface area contributed by atoms with Crippen molar-refractivity contribution < 1.29 is 129 Å². The first-order chi connectivity index (χ1) is 31.6. The number of aromatic hydroxyl groups is 13. The SMILES string of the molecule is O=C1Oc2cc3c(c(O)c2O)-c2c(cc(O)c(O)c2O)C(=O)O[C@@H]2[C@@H](OC3=O)[C@@H]3OC(=O)c4cc(O)c(O)c(O)c4-c4c(cc(c(O)c4O)Oc4c1cc(O)c(O)c4O)C(=O)OC[C@H]3O[C@@H]2O. The van der Waals surface area contributed by atoms with E-state index < -0.39 is 209 Å². The van der Waals surface area contributed by atoms with Gasteiger partial charge in [0.15, 0.2) is 82.1 Å². The first-order valence-corrected chi connectivity index (χ1v) is 18.7. The van der Waals surface area contributed by atoms with E-state index in [1.165, 1.54) is 0 Å². The van der Waals surface area contributed by atoms with Gasteiger partial charge in [-0.2, -0.15) is 0 Å². The Labute approximate surface area is 367 Å². The predicted molar refractivity (Wildman–Crippen MR) is 206 cm³/mol. The molecule has 0 saturated carbocycles. The molecule has 67 heavy (non-hydrogen) atoms. The van der Waals surface area contributed by atoms with E-state index in [1.54, 1.807) is 0 Å². The number of carbonyl (C=O) groups excluding carboxylic acids is 5. The second kappa shape index (κ2) is 14.8. The van der Waals surface area contributed by atoms with Gasteiger partial charge in [0.1, 0.15) is 18.3 Å². The van der Waals surface area contributed by atoms with Crippen LogP contribution in [0.25, 0.3) is 22.3 Å². The monoisotopic (exact) mass is 934 g/mol. The van der Waals surface area contributed by atoms with E-state index in [2.05, 4.69) is 0 Å². The van der Waals surface area contributed by atoms with Crippen LogP contribution < -0.4 is 9.47 Å². The Balaban J connectivity index is 1.41. The highest BCUT2D eigenvalue weighted by Gasteiger charge is 2.54. The number of esters is 5. The van der Waals surface area contributed by atoms with Crippen LogP contribution in [0.4, 0.5) is 0 Å². The predicted octanol–water partition coefficient (Wildman–Crippen LogP) is 1.70. The van der Waals surface area contributed by atoms with E-state index in [9.17, 15) is 95.5 Å². The lowest BCUT2D eigenvalue weighted by Gasteiger charge is -2.43. The maximum Gasteiger partial charge on any atom is 0.347 e. The van der Waals surface area contributed by atoms with Crippen LogP contribution in [0.2, 0.25) is 0 Å². The molecule has 5 aromatic rings. The molecule has 4 aliphatic rings. The Kier molecular flexibility index (Phi) is 9.48. The van der Waals surface area contributed by atoms with E-state index >= 15 is 0 Å². The summed E-state index contributed by atoms with van der Waals surface area (Å²) < 4.78 is 38.5. The van der Waals surface area contributed by atoms with Crippen LogP contribution in [0.1, 0.15) is 51.8 Å². The zero-order valence-electron chi connectivity index (χ0n) is 32.6. The number of rotatable bonds is 0. The highest BCUT2D eigenvalue weighted by Crippen LogP contribution is 2.57. The van der Waals surface area contributed by atoms with Crippen molar-refractivity contribution in [2.45, 2.75) is 30.7 Å². The molecule has 0 aromatic heterocycles. The lowest BCUT2D eigenvalue weighted by Crippen LogP contribution is -2.62. The smallest absolute Gasteiger partial charge is 0.347 e. The van der Waals surface area contributed by atoms with Gasteiger partial charge in [-0.05, 0) is 12.1 Å². The van der Waals surface area contributed by atoms with Gasteiger partial charge in [0.2, 0.25) is 34.5 Å². The summed E-state index contributed by atoms with van der Waals surface area (Å²) in [6.07, 6.45) is -11.6. The van der Waals surface area contributed by atoms with Gasteiger partial charge in [0.05, 0.1) is 22.3 Å². The molecule has 4 aliphatic heterocycles. The largest absolute Gasteiger partial charge is 0.504 e. The number of carbonyl (C=O) groups is 5. The molecule has 1 fully saturated rings. The number of aliphatic hydroxyl groups is 1. The molecular weight excluding hydrogens is 908 g/mol. The minimum atomic E-state index is -2.49. The normalized spacial score (nSPS) is 20.8. The summed E-state index contributed by atoms with van der Waals surface area (Å²) in [5, 5.41) is 154. The molecule has 5 atom stereocenters. The number of hydrogen-bond donors (Lipinski definition) is 14. The van der Waals surface area contributed by atoms with E-state index in [-0.39, 0.29) is 0 Å². The number of ether oxygens (including phenoxy) is 7. The fourth-order valence-corrected chi connectivity index (χ4v) is 7.74. The summed E-state index contributed by atoms with van der Waals surface area (Å²) in [6, 6.07) is 2.11. The van der Waals surface area contributed by atoms with Crippen molar-refractivity contribution >= 4 is 29.8 Å². The quantitative estimate of drug-likeness (QED) is 0.0454. The highest BCUT2D eigenvalue weighted by molar-refractivity contribution is 6.10. The molecular formula is C41H26O26. The van der Waals surface area contributed by atoms with Gasteiger partial charge < -0.3 is 105 Å². The molecule has 26 heteroatoms.